The van der Waals surface area contributed by atoms with Crippen LogP contribution >= 0.6 is 0 Å². The first-order chi connectivity index (χ1) is 11.7. The van der Waals surface area contributed by atoms with Gasteiger partial charge in [0.2, 0.25) is 0 Å². The SMILES string of the molecule is CCC(NCC(C)C)C1CCCC2CN(C(=O)OC(C)(C)C)CCC21. The minimum absolute atomic E-state index is 0.127. The van der Waals surface area contributed by atoms with Gasteiger partial charge >= 0.3 is 6.09 Å². The molecule has 25 heavy (non-hydrogen) atoms. The van der Waals surface area contributed by atoms with E-state index in [1.807, 2.05) is 25.7 Å². The van der Waals surface area contributed by atoms with Crippen molar-refractivity contribution in [3.8, 4) is 0 Å². The number of nitrogens with zero attached hydrogens (tertiary/aromatic N) is 1. The van der Waals surface area contributed by atoms with Crippen molar-refractivity contribution in [2.45, 2.75) is 85.3 Å². The largest absolute Gasteiger partial charge is 0.444 e. The average molecular weight is 353 g/mol. The van der Waals surface area contributed by atoms with Crippen molar-refractivity contribution in [3.05, 3.63) is 0 Å². The highest BCUT2D eigenvalue weighted by molar-refractivity contribution is 5.68. The molecule has 1 aliphatic carbocycles. The van der Waals surface area contributed by atoms with Crippen molar-refractivity contribution < 1.29 is 9.53 Å². The van der Waals surface area contributed by atoms with E-state index in [0.29, 0.717) is 17.9 Å². The molecule has 0 aromatic heterocycles. The number of carbonyl (C=O) groups is 1. The summed E-state index contributed by atoms with van der Waals surface area (Å²) in [7, 11) is 0. The zero-order valence-corrected chi connectivity index (χ0v) is 17.3. The Balaban J connectivity index is 1.96. The van der Waals surface area contributed by atoms with Crippen LogP contribution in [0.2, 0.25) is 0 Å². The fourth-order valence-corrected chi connectivity index (χ4v) is 4.73. The number of nitrogens with one attached hydrogen (secondary N) is 1. The second kappa shape index (κ2) is 8.75. The number of amides is 1. The predicted molar refractivity (Wildman–Crippen MR) is 104 cm³/mol. The van der Waals surface area contributed by atoms with Crippen LogP contribution < -0.4 is 5.32 Å². The number of likely N-dealkylation sites (tertiary alicyclic amines) is 1. The summed E-state index contributed by atoms with van der Waals surface area (Å²) in [5, 5.41) is 3.83. The lowest BCUT2D eigenvalue weighted by Gasteiger charge is -2.47. The van der Waals surface area contributed by atoms with Crippen LogP contribution in [-0.2, 0) is 4.74 Å². The number of rotatable bonds is 5. The van der Waals surface area contributed by atoms with E-state index in [1.165, 1.54) is 25.7 Å². The van der Waals surface area contributed by atoms with Crippen molar-refractivity contribution in [3.63, 3.8) is 0 Å². The summed E-state index contributed by atoms with van der Waals surface area (Å²) in [5.74, 6) is 2.87. The van der Waals surface area contributed by atoms with Crippen LogP contribution in [0.25, 0.3) is 0 Å². The highest BCUT2D eigenvalue weighted by Gasteiger charge is 2.41. The third-order valence-electron chi connectivity index (χ3n) is 5.85. The van der Waals surface area contributed by atoms with E-state index in [0.717, 1.165) is 37.9 Å². The molecule has 1 aliphatic heterocycles. The highest BCUT2D eigenvalue weighted by Crippen LogP contribution is 2.42. The number of ether oxygens (including phenoxy) is 1. The van der Waals surface area contributed by atoms with Gasteiger partial charge in [0, 0.05) is 19.1 Å². The molecule has 0 aromatic carbocycles. The predicted octanol–water partition coefficient (Wildman–Crippen LogP) is 4.68. The Bertz CT molecular complexity index is 430. The minimum Gasteiger partial charge on any atom is -0.444 e. The number of piperidine rings is 1. The normalized spacial score (nSPS) is 28.6. The molecule has 1 amide bonds. The number of hydrogen-bond donors (Lipinski definition) is 1. The maximum absolute atomic E-state index is 12.4. The van der Waals surface area contributed by atoms with E-state index in [2.05, 4.69) is 26.1 Å². The maximum atomic E-state index is 12.4. The van der Waals surface area contributed by atoms with E-state index >= 15 is 0 Å². The molecular weight excluding hydrogens is 312 g/mol. The van der Waals surface area contributed by atoms with E-state index in [4.69, 9.17) is 4.74 Å². The molecule has 0 aromatic rings. The smallest absolute Gasteiger partial charge is 0.410 e. The third kappa shape index (κ3) is 5.87. The van der Waals surface area contributed by atoms with Crippen molar-refractivity contribution >= 4 is 6.09 Å². The second-order valence-electron chi connectivity index (χ2n) is 9.55. The Morgan fingerprint density at radius 3 is 2.56 bits per heavy atom. The zero-order chi connectivity index (χ0) is 18.6. The van der Waals surface area contributed by atoms with Crippen LogP contribution in [0.4, 0.5) is 4.79 Å². The third-order valence-corrected chi connectivity index (χ3v) is 5.85. The molecule has 2 fully saturated rings. The van der Waals surface area contributed by atoms with Gasteiger partial charge < -0.3 is 15.0 Å². The van der Waals surface area contributed by atoms with Crippen LogP contribution in [0.15, 0.2) is 0 Å². The summed E-state index contributed by atoms with van der Waals surface area (Å²) in [6.07, 6.45) is 6.12. The molecule has 0 radical (unpaired) electrons. The van der Waals surface area contributed by atoms with Crippen LogP contribution in [-0.4, -0.2) is 42.3 Å². The second-order valence-corrected chi connectivity index (χ2v) is 9.55. The minimum atomic E-state index is -0.406. The Labute approximate surface area is 155 Å². The monoisotopic (exact) mass is 352 g/mol. The molecule has 1 heterocycles. The Morgan fingerprint density at radius 2 is 1.96 bits per heavy atom. The van der Waals surface area contributed by atoms with Gasteiger partial charge in [-0.15, -0.1) is 0 Å². The summed E-state index contributed by atoms with van der Waals surface area (Å²) < 4.78 is 5.59. The van der Waals surface area contributed by atoms with Gasteiger partial charge in [-0.2, -0.15) is 0 Å². The summed E-state index contributed by atoms with van der Waals surface area (Å²) in [5.41, 5.74) is -0.406. The number of fused-ring (bicyclic) bond motifs is 1. The Kier molecular flexibility index (Phi) is 7.19. The van der Waals surface area contributed by atoms with Crippen molar-refractivity contribution in [2.75, 3.05) is 19.6 Å². The molecular formula is C21H40N2O2. The van der Waals surface area contributed by atoms with Gasteiger partial charge in [0.05, 0.1) is 0 Å². The molecule has 2 rings (SSSR count). The van der Waals surface area contributed by atoms with Crippen LogP contribution in [0.3, 0.4) is 0 Å². The lowest BCUT2D eigenvalue weighted by atomic mass is 9.66. The topological polar surface area (TPSA) is 41.6 Å². The van der Waals surface area contributed by atoms with Gasteiger partial charge in [-0.1, -0.05) is 27.2 Å². The summed E-state index contributed by atoms with van der Waals surface area (Å²) >= 11 is 0. The quantitative estimate of drug-likeness (QED) is 0.781. The van der Waals surface area contributed by atoms with Gasteiger partial charge in [-0.3, -0.25) is 0 Å². The molecule has 0 bridgehead atoms. The van der Waals surface area contributed by atoms with Gasteiger partial charge in [0.25, 0.3) is 0 Å². The standard InChI is InChI=1S/C21H40N2O2/c1-7-19(22-13-15(2)3)18-10-8-9-16-14-23(12-11-17(16)18)20(24)25-21(4,5)6/h15-19,22H,7-14H2,1-6H3. The first-order valence-electron chi connectivity index (χ1n) is 10.4. The molecule has 4 atom stereocenters. The van der Waals surface area contributed by atoms with Gasteiger partial charge in [-0.25, -0.2) is 4.79 Å². The van der Waals surface area contributed by atoms with E-state index in [-0.39, 0.29) is 6.09 Å². The van der Waals surface area contributed by atoms with Gasteiger partial charge in [0.15, 0.2) is 0 Å². The lowest BCUT2D eigenvalue weighted by Crippen LogP contribution is -2.52. The van der Waals surface area contributed by atoms with Gasteiger partial charge in [0.1, 0.15) is 5.60 Å². The molecule has 4 nitrogen and oxygen atoms in total. The molecule has 1 saturated heterocycles. The molecule has 0 spiro atoms. The van der Waals surface area contributed by atoms with Crippen LogP contribution in [0, 0.1) is 23.7 Å². The van der Waals surface area contributed by atoms with Gasteiger partial charge in [-0.05, 0) is 76.7 Å². The molecule has 4 unspecified atom stereocenters. The lowest BCUT2D eigenvalue weighted by molar-refractivity contribution is -0.00776. The molecule has 1 N–H and O–H groups in total. The molecule has 1 saturated carbocycles. The van der Waals surface area contributed by atoms with E-state index in [9.17, 15) is 4.79 Å². The van der Waals surface area contributed by atoms with E-state index < -0.39 is 5.60 Å². The highest BCUT2D eigenvalue weighted by atomic mass is 16.6. The fourth-order valence-electron chi connectivity index (χ4n) is 4.73. The summed E-state index contributed by atoms with van der Waals surface area (Å²) in [6.45, 7) is 15.6. The number of carbonyl (C=O) groups excluding carboxylic acids is 1. The number of hydrogen-bond acceptors (Lipinski definition) is 3. The van der Waals surface area contributed by atoms with Crippen molar-refractivity contribution in [1.82, 2.24) is 10.2 Å². The molecule has 2 aliphatic rings. The molecule has 4 heteroatoms. The Hall–Kier alpha value is -0.770. The average Bonchev–Trinajstić information content (AvgIpc) is 2.53. The fraction of sp³-hybridized carbons (Fsp3) is 0.952. The molecule has 146 valence electrons. The first kappa shape index (κ1) is 20.5. The maximum Gasteiger partial charge on any atom is 0.410 e. The van der Waals surface area contributed by atoms with Crippen molar-refractivity contribution in [1.29, 1.82) is 0 Å². The van der Waals surface area contributed by atoms with Crippen molar-refractivity contribution in [2.24, 2.45) is 23.7 Å². The zero-order valence-electron chi connectivity index (χ0n) is 17.3. The van der Waals surface area contributed by atoms with Crippen LogP contribution in [0.5, 0.6) is 0 Å². The summed E-state index contributed by atoms with van der Waals surface area (Å²) in [4.78, 5) is 14.4. The Morgan fingerprint density at radius 1 is 1.24 bits per heavy atom. The first-order valence-corrected chi connectivity index (χ1v) is 10.4. The van der Waals surface area contributed by atoms with Crippen LogP contribution in [0.1, 0.15) is 73.6 Å². The van der Waals surface area contributed by atoms with E-state index in [1.54, 1.807) is 0 Å². The summed E-state index contributed by atoms with van der Waals surface area (Å²) in [6, 6.07) is 0.628.